The summed E-state index contributed by atoms with van der Waals surface area (Å²) in [6.45, 7) is 0.687. The first-order valence-electron chi connectivity index (χ1n) is 10.1. The standard InChI is InChI=1S/C27H25N3/c28-26-16-8-10-22(18-26)20-30-27(24-13-5-2-6-14-24)29-19-21-9-7-15-25(17-21)23-11-3-1-4-12-23/h1-19,27,30H,20,28H2. The Morgan fingerprint density at radius 1 is 0.733 bits per heavy atom. The van der Waals surface area contributed by atoms with Crippen molar-refractivity contribution in [2.45, 2.75) is 12.7 Å². The minimum Gasteiger partial charge on any atom is -0.399 e. The monoisotopic (exact) mass is 391 g/mol. The van der Waals surface area contributed by atoms with Crippen molar-refractivity contribution in [2.24, 2.45) is 4.99 Å². The Morgan fingerprint density at radius 3 is 2.20 bits per heavy atom. The Morgan fingerprint density at radius 2 is 1.43 bits per heavy atom. The topological polar surface area (TPSA) is 50.4 Å². The van der Waals surface area contributed by atoms with Crippen molar-refractivity contribution >= 4 is 11.9 Å². The SMILES string of the molecule is Nc1cccc(CNC(N=Cc2cccc(-c3ccccc3)c2)c2ccccc2)c1. The number of hydrogen-bond donors (Lipinski definition) is 2. The highest BCUT2D eigenvalue weighted by Crippen LogP contribution is 2.20. The molecule has 0 spiro atoms. The molecule has 0 saturated carbocycles. The first kappa shape index (κ1) is 19.6. The van der Waals surface area contributed by atoms with Crippen LogP contribution >= 0.6 is 0 Å². The van der Waals surface area contributed by atoms with E-state index in [0.29, 0.717) is 6.54 Å². The van der Waals surface area contributed by atoms with Gasteiger partial charge in [-0.25, -0.2) is 0 Å². The fourth-order valence-corrected chi connectivity index (χ4v) is 3.40. The van der Waals surface area contributed by atoms with E-state index in [4.69, 9.17) is 10.7 Å². The molecule has 0 saturated heterocycles. The van der Waals surface area contributed by atoms with E-state index in [-0.39, 0.29) is 6.17 Å². The fourth-order valence-electron chi connectivity index (χ4n) is 3.40. The summed E-state index contributed by atoms with van der Waals surface area (Å²) < 4.78 is 0. The van der Waals surface area contributed by atoms with Crippen LogP contribution in [0, 0.1) is 0 Å². The van der Waals surface area contributed by atoms with Crippen LogP contribution < -0.4 is 11.1 Å². The molecule has 0 aliphatic carbocycles. The average molecular weight is 392 g/mol. The van der Waals surface area contributed by atoms with Gasteiger partial charge in [-0.1, -0.05) is 91.0 Å². The number of aliphatic imine (C=N–C) groups is 1. The van der Waals surface area contributed by atoms with Crippen molar-refractivity contribution in [3.05, 3.63) is 126 Å². The van der Waals surface area contributed by atoms with Gasteiger partial charge in [0.25, 0.3) is 0 Å². The highest BCUT2D eigenvalue weighted by atomic mass is 15.1. The summed E-state index contributed by atoms with van der Waals surface area (Å²) in [4.78, 5) is 4.87. The van der Waals surface area contributed by atoms with Gasteiger partial charge in [0.1, 0.15) is 6.17 Å². The van der Waals surface area contributed by atoms with E-state index in [1.165, 1.54) is 11.1 Å². The first-order valence-corrected chi connectivity index (χ1v) is 10.1. The predicted molar refractivity (Wildman–Crippen MR) is 126 cm³/mol. The molecule has 1 atom stereocenters. The zero-order valence-electron chi connectivity index (χ0n) is 16.8. The maximum absolute atomic E-state index is 5.92. The zero-order chi connectivity index (χ0) is 20.6. The minimum atomic E-state index is -0.145. The maximum atomic E-state index is 5.92. The van der Waals surface area contributed by atoms with Gasteiger partial charge in [0.15, 0.2) is 0 Å². The summed E-state index contributed by atoms with van der Waals surface area (Å²) in [5, 5.41) is 3.54. The lowest BCUT2D eigenvalue weighted by Gasteiger charge is -2.15. The van der Waals surface area contributed by atoms with Crippen molar-refractivity contribution in [1.82, 2.24) is 5.32 Å². The molecule has 4 rings (SSSR count). The first-order chi connectivity index (χ1) is 14.8. The van der Waals surface area contributed by atoms with Crippen molar-refractivity contribution in [1.29, 1.82) is 0 Å². The molecule has 0 amide bonds. The van der Waals surface area contributed by atoms with Crippen molar-refractivity contribution in [3.8, 4) is 11.1 Å². The Balaban J connectivity index is 1.55. The summed E-state index contributed by atoms with van der Waals surface area (Å²) in [6, 6.07) is 37.0. The van der Waals surface area contributed by atoms with Crippen LogP contribution in [0.5, 0.6) is 0 Å². The van der Waals surface area contributed by atoms with Crippen LogP contribution in [0.15, 0.2) is 114 Å². The van der Waals surface area contributed by atoms with Crippen LogP contribution in [0.2, 0.25) is 0 Å². The molecule has 0 aliphatic rings. The summed E-state index contributed by atoms with van der Waals surface area (Å²) in [7, 11) is 0. The number of hydrogen-bond acceptors (Lipinski definition) is 3. The lowest BCUT2D eigenvalue weighted by Crippen LogP contribution is -2.19. The molecule has 4 aromatic carbocycles. The molecule has 0 aliphatic heterocycles. The summed E-state index contributed by atoms with van der Waals surface area (Å²) in [5.41, 5.74) is 12.4. The minimum absolute atomic E-state index is 0.145. The molecule has 0 aromatic heterocycles. The molecule has 1 unspecified atom stereocenters. The van der Waals surface area contributed by atoms with E-state index in [9.17, 15) is 0 Å². The number of nitrogens with one attached hydrogen (secondary N) is 1. The molecule has 3 heteroatoms. The summed E-state index contributed by atoms with van der Waals surface area (Å²) >= 11 is 0. The quantitative estimate of drug-likeness (QED) is 0.307. The van der Waals surface area contributed by atoms with E-state index in [0.717, 1.165) is 22.4 Å². The molecule has 0 bridgehead atoms. The van der Waals surface area contributed by atoms with Crippen LogP contribution in [-0.2, 0) is 6.54 Å². The predicted octanol–water partition coefficient (Wildman–Crippen LogP) is 5.84. The van der Waals surface area contributed by atoms with Gasteiger partial charge in [-0.2, -0.15) is 0 Å². The van der Waals surface area contributed by atoms with Crippen molar-refractivity contribution in [2.75, 3.05) is 5.73 Å². The molecule has 3 nitrogen and oxygen atoms in total. The fraction of sp³-hybridized carbons (Fsp3) is 0.0741. The molecule has 0 heterocycles. The van der Waals surface area contributed by atoms with E-state index in [2.05, 4.69) is 72.0 Å². The van der Waals surface area contributed by atoms with E-state index < -0.39 is 0 Å². The van der Waals surface area contributed by atoms with Gasteiger partial charge >= 0.3 is 0 Å². The maximum Gasteiger partial charge on any atom is 0.125 e. The molecular weight excluding hydrogens is 366 g/mol. The van der Waals surface area contributed by atoms with Crippen molar-refractivity contribution in [3.63, 3.8) is 0 Å². The van der Waals surface area contributed by atoms with Gasteiger partial charge in [-0.3, -0.25) is 10.3 Å². The Kier molecular flexibility index (Phi) is 6.33. The van der Waals surface area contributed by atoms with Crippen LogP contribution in [0.3, 0.4) is 0 Å². The van der Waals surface area contributed by atoms with Crippen LogP contribution in [0.4, 0.5) is 5.69 Å². The number of nitrogens with two attached hydrogens (primary N) is 1. The number of nitrogens with zero attached hydrogens (tertiary/aromatic N) is 1. The molecule has 30 heavy (non-hydrogen) atoms. The highest BCUT2D eigenvalue weighted by molar-refractivity contribution is 5.82. The highest BCUT2D eigenvalue weighted by Gasteiger charge is 2.08. The molecule has 0 fully saturated rings. The third kappa shape index (κ3) is 5.22. The Bertz CT molecular complexity index is 1110. The van der Waals surface area contributed by atoms with Gasteiger partial charge in [-0.15, -0.1) is 0 Å². The molecule has 4 aromatic rings. The van der Waals surface area contributed by atoms with E-state index >= 15 is 0 Å². The summed E-state index contributed by atoms with van der Waals surface area (Å²) in [5.74, 6) is 0. The lowest BCUT2D eigenvalue weighted by molar-refractivity contribution is 0.556. The second-order valence-electron chi connectivity index (χ2n) is 7.21. The number of nitrogen functional groups attached to an aromatic ring is 1. The number of rotatable bonds is 7. The zero-order valence-corrected chi connectivity index (χ0v) is 16.8. The van der Waals surface area contributed by atoms with Crippen molar-refractivity contribution < 1.29 is 0 Å². The second kappa shape index (κ2) is 9.68. The summed E-state index contributed by atoms with van der Waals surface area (Å²) in [6.07, 6.45) is 1.80. The largest absolute Gasteiger partial charge is 0.399 e. The lowest BCUT2D eigenvalue weighted by atomic mass is 10.0. The second-order valence-corrected chi connectivity index (χ2v) is 7.21. The van der Waals surface area contributed by atoms with Gasteiger partial charge in [0, 0.05) is 18.4 Å². The molecule has 148 valence electrons. The molecular formula is C27H25N3. The molecule has 0 radical (unpaired) electrons. The normalized spacial score (nSPS) is 12.1. The molecule has 3 N–H and O–H groups in total. The third-order valence-corrected chi connectivity index (χ3v) is 4.93. The van der Waals surface area contributed by atoms with Gasteiger partial charge in [-0.05, 0) is 46.0 Å². The third-order valence-electron chi connectivity index (χ3n) is 4.93. The number of benzene rings is 4. The van der Waals surface area contributed by atoms with E-state index in [1.807, 2.05) is 48.7 Å². The van der Waals surface area contributed by atoms with E-state index in [1.54, 1.807) is 0 Å². The Hall–Kier alpha value is -3.69. The van der Waals surface area contributed by atoms with Crippen LogP contribution in [0.25, 0.3) is 11.1 Å². The van der Waals surface area contributed by atoms with Gasteiger partial charge in [0.2, 0.25) is 0 Å². The smallest absolute Gasteiger partial charge is 0.125 e. The Labute approximate surface area is 177 Å². The van der Waals surface area contributed by atoms with Gasteiger partial charge in [0.05, 0.1) is 0 Å². The number of anilines is 1. The van der Waals surface area contributed by atoms with Crippen LogP contribution in [0.1, 0.15) is 22.9 Å². The average Bonchev–Trinajstić information content (AvgIpc) is 2.80. The van der Waals surface area contributed by atoms with Gasteiger partial charge < -0.3 is 5.73 Å². The van der Waals surface area contributed by atoms with Crippen LogP contribution in [-0.4, -0.2) is 6.21 Å².